The Morgan fingerprint density at radius 2 is 1.75 bits per heavy atom. The van der Waals surface area contributed by atoms with E-state index in [2.05, 4.69) is 4.89 Å². The first-order valence-electron chi connectivity index (χ1n) is 6.24. The molecule has 5 heteroatoms. The van der Waals surface area contributed by atoms with Crippen molar-refractivity contribution in [1.29, 1.82) is 0 Å². The molecule has 20 heavy (non-hydrogen) atoms. The Morgan fingerprint density at radius 3 is 2.40 bits per heavy atom. The van der Waals surface area contributed by atoms with Crippen LogP contribution in [0.1, 0.15) is 16.7 Å². The number of rotatable bonds is 5. The lowest BCUT2D eigenvalue weighted by Crippen LogP contribution is -2.24. The molecule has 4 nitrogen and oxygen atoms in total. The van der Waals surface area contributed by atoms with Gasteiger partial charge in [-0.3, -0.25) is 4.84 Å². The number of hydrogen-bond donors (Lipinski definition) is 1. The summed E-state index contributed by atoms with van der Waals surface area (Å²) in [5.41, 5.74) is 2.61. The van der Waals surface area contributed by atoms with Gasteiger partial charge in [-0.05, 0) is 31.0 Å². The third-order valence-corrected chi connectivity index (χ3v) is 4.24. The molecule has 0 spiro atoms. The minimum Gasteiger partial charge on any atom is -0.282 e. The lowest BCUT2D eigenvalue weighted by Gasteiger charge is -2.10. The smallest absolute Gasteiger partial charge is 0.262 e. The number of hydrogen-bond acceptors (Lipinski definition) is 3. The molecular formula is C15H17NO3S. The fourth-order valence-corrected chi connectivity index (χ4v) is 2.94. The van der Waals surface area contributed by atoms with E-state index < -0.39 is 10.0 Å². The van der Waals surface area contributed by atoms with Gasteiger partial charge in [0.25, 0.3) is 10.0 Å². The highest BCUT2D eigenvalue weighted by molar-refractivity contribution is 7.89. The zero-order chi connectivity index (χ0) is 14.6. The predicted molar refractivity (Wildman–Crippen MR) is 77.5 cm³/mol. The minimum absolute atomic E-state index is 0.185. The first-order chi connectivity index (χ1) is 9.49. The van der Waals surface area contributed by atoms with E-state index in [0.29, 0.717) is 5.56 Å². The summed E-state index contributed by atoms with van der Waals surface area (Å²) in [5, 5.41) is 0. The minimum atomic E-state index is -3.65. The molecule has 0 aliphatic rings. The maximum atomic E-state index is 12.1. The van der Waals surface area contributed by atoms with Crippen molar-refractivity contribution in [2.24, 2.45) is 0 Å². The number of aryl methyl sites for hydroxylation is 2. The monoisotopic (exact) mass is 291 g/mol. The molecule has 0 aliphatic heterocycles. The van der Waals surface area contributed by atoms with Crippen LogP contribution in [0.5, 0.6) is 0 Å². The summed E-state index contributed by atoms with van der Waals surface area (Å²) in [6.07, 6.45) is 0. The average Bonchev–Trinajstić information content (AvgIpc) is 2.39. The van der Waals surface area contributed by atoms with Crippen LogP contribution < -0.4 is 4.89 Å². The molecule has 2 aromatic carbocycles. The summed E-state index contributed by atoms with van der Waals surface area (Å²) in [4.78, 5) is 7.48. The molecular weight excluding hydrogens is 274 g/mol. The van der Waals surface area contributed by atoms with E-state index in [9.17, 15) is 8.42 Å². The predicted octanol–water partition coefficient (Wildman–Crippen LogP) is 2.71. The molecule has 0 saturated heterocycles. The summed E-state index contributed by atoms with van der Waals surface area (Å²) < 4.78 is 24.2. The van der Waals surface area contributed by atoms with Crippen molar-refractivity contribution in [3.8, 4) is 0 Å². The van der Waals surface area contributed by atoms with Crippen LogP contribution in [0.4, 0.5) is 0 Å². The molecule has 0 heterocycles. The second-order valence-corrected chi connectivity index (χ2v) is 6.24. The molecule has 0 aromatic heterocycles. The van der Waals surface area contributed by atoms with E-state index in [1.54, 1.807) is 19.1 Å². The quantitative estimate of drug-likeness (QED) is 0.862. The van der Waals surface area contributed by atoms with Crippen molar-refractivity contribution in [2.75, 3.05) is 0 Å². The van der Waals surface area contributed by atoms with Gasteiger partial charge in [0.1, 0.15) is 0 Å². The SMILES string of the molecule is Cc1ccc(S(=O)(=O)NOCc2ccccc2)c(C)c1. The Kier molecular flexibility index (Phi) is 4.54. The van der Waals surface area contributed by atoms with Gasteiger partial charge in [-0.1, -0.05) is 52.9 Å². The van der Waals surface area contributed by atoms with Crippen LogP contribution in [0.2, 0.25) is 0 Å². The van der Waals surface area contributed by atoms with Gasteiger partial charge in [0, 0.05) is 0 Å². The topological polar surface area (TPSA) is 55.4 Å². The summed E-state index contributed by atoms with van der Waals surface area (Å²) >= 11 is 0. The van der Waals surface area contributed by atoms with E-state index in [1.807, 2.05) is 43.3 Å². The molecule has 0 fully saturated rings. The largest absolute Gasteiger partial charge is 0.282 e. The van der Waals surface area contributed by atoms with Gasteiger partial charge in [0.15, 0.2) is 0 Å². The molecule has 0 atom stereocenters. The fraction of sp³-hybridized carbons (Fsp3) is 0.200. The van der Waals surface area contributed by atoms with Crippen molar-refractivity contribution < 1.29 is 13.3 Å². The Hall–Kier alpha value is -1.69. The molecule has 0 radical (unpaired) electrons. The van der Waals surface area contributed by atoms with Crippen molar-refractivity contribution in [3.63, 3.8) is 0 Å². The van der Waals surface area contributed by atoms with E-state index in [0.717, 1.165) is 11.1 Å². The van der Waals surface area contributed by atoms with E-state index in [-0.39, 0.29) is 11.5 Å². The highest BCUT2D eigenvalue weighted by Crippen LogP contribution is 2.16. The molecule has 106 valence electrons. The number of nitrogens with one attached hydrogen (secondary N) is 1. The molecule has 0 saturated carbocycles. The van der Waals surface area contributed by atoms with Gasteiger partial charge < -0.3 is 0 Å². The molecule has 0 bridgehead atoms. The van der Waals surface area contributed by atoms with E-state index in [1.165, 1.54) is 0 Å². The van der Waals surface area contributed by atoms with Crippen LogP contribution in [0.25, 0.3) is 0 Å². The van der Waals surface area contributed by atoms with Crippen LogP contribution >= 0.6 is 0 Å². The van der Waals surface area contributed by atoms with Gasteiger partial charge >= 0.3 is 0 Å². The first-order valence-corrected chi connectivity index (χ1v) is 7.72. The zero-order valence-electron chi connectivity index (χ0n) is 11.5. The van der Waals surface area contributed by atoms with E-state index >= 15 is 0 Å². The second kappa shape index (κ2) is 6.17. The molecule has 2 rings (SSSR count). The maximum Gasteiger partial charge on any atom is 0.262 e. The van der Waals surface area contributed by atoms with Crippen LogP contribution in [0, 0.1) is 13.8 Å². The highest BCUT2D eigenvalue weighted by Gasteiger charge is 2.16. The van der Waals surface area contributed by atoms with Crippen LogP contribution in [-0.4, -0.2) is 8.42 Å². The van der Waals surface area contributed by atoms with Gasteiger partial charge in [-0.15, -0.1) is 0 Å². The normalized spacial score (nSPS) is 11.5. The number of benzene rings is 2. The Labute approximate surface area is 119 Å². The van der Waals surface area contributed by atoms with Gasteiger partial charge in [-0.25, -0.2) is 8.42 Å². The molecule has 0 unspecified atom stereocenters. The number of sulfonamides is 1. The van der Waals surface area contributed by atoms with Crippen molar-refractivity contribution >= 4 is 10.0 Å². The van der Waals surface area contributed by atoms with Crippen molar-refractivity contribution in [2.45, 2.75) is 25.3 Å². The van der Waals surface area contributed by atoms with Crippen molar-refractivity contribution in [3.05, 3.63) is 65.2 Å². The third-order valence-electron chi connectivity index (χ3n) is 2.87. The summed E-state index contributed by atoms with van der Waals surface area (Å²) in [5.74, 6) is 0. The Balaban J connectivity index is 2.04. The fourth-order valence-electron chi connectivity index (χ4n) is 1.91. The molecule has 0 amide bonds. The zero-order valence-corrected chi connectivity index (χ0v) is 12.3. The molecule has 0 aliphatic carbocycles. The summed E-state index contributed by atoms with van der Waals surface area (Å²) in [6, 6.07) is 14.5. The van der Waals surface area contributed by atoms with Gasteiger partial charge in [-0.2, -0.15) is 0 Å². The summed E-state index contributed by atoms with van der Waals surface area (Å²) in [6.45, 7) is 3.87. The van der Waals surface area contributed by atoms with E-state index in [4.69, 9.17) is 4.84 Å². The van der Waals surface area contributed by atoms with Gasteiger partial charge in [0.2, 0.25) is 0 Å². The summed E-state index contributed by atoms with van der Waals surface area (Å²) in [7, 11) is -3.65. The van der Waals surface area contributed by atoms with Crippen LogP contribution in [-0.2, 0) is 21.5 Å². The molecule has 2 aromatic rings. The highest BCUT2D eigenvalue weighted by atomic mass is 32.2. The lowest BCUT2D eigenvalue weighted by atomic mass is 10.2. The lowest BCUT2D eigenvalue weighted by molar-refractivity contribution is 0.0795. The average molecular weight is 291 g/mol. The Morgan fingerprint density at radius 1 is 1.05 bits per heavy atom. The first kappa shape index (κ1) is 14.7. The Bertz CT molecular complexity index is 682. The van der Waals surface area contributed by atoms with Crippen molar-refractivity contribution in [1.82, 2.24) is 4.89 Å². The van der Waals surface area contributed by atoms with Crippen LogP contribution in [0.3, 0.4) is 0 Å². The van der Waals surface area contributed by atoms with Crippen LogP contribution in [0.15, 0.2) is 53.4 Å². The second-order valence-electron chi connectivity index (χ2n) is 4.63. The standard InChI is InChI=1S/C15H17NO3S/c1-12-8-9-15(13(2)10-12)20(17,18)16-19-11-14-6-4-3-5-7-14/h3-10,16H,11H2,1-2H3. The van der Waals surface area contributed by atoms with Gasteiger partial charge in [0.05, 0.1) is 11.5 Å². The molecule has 1 N–H and O–H groups in total. The maximum absolute atomic E-state index is 12.1. The third kappa shape index (κ3) is 3.66.